The van der Waals surface area contributed by atoms with Crippen LogP contribution in [0.15, 0.2) is 12.4 Å². The highest BCUT2D eigenvalue weighted by atomic mass is 16.5. The summed E-state index contributed by atoms with van der Waals surface area (Å²) >= 11 is 0. The van der Waals surface area contributed by atoms with Gasteiger partial charge in [0, 0.05) is 20.5 Å². The Kier molecular flexibility index (Phi) is 6.31. The number of carbonyl (C=O) groups excluding carboxylic acids is 1. The molecule has 1 aromatic carbocycles. The van der Waals surface area contributed by atoms with Gasteiger partial charge in [0.15, 0.2) is 0 Å². The van der Waals surface area contributed by atoms with Crippen LogP contribution in [0.4, 0.5) is 0 Å². The summed E-state index contributed by atoms with van der Waals surface area (Å²) < 4.78 is 7.03. The zero-order chi connectivity index (χ0) is 18.6. The van der Waals surface area contributed by atoms with Gasteiger partial charge in [-0.3, -0.25) is 9.48 Å². The summed E-state index contributed by atoms with van der Waals surface area (Å²) in [5.41, 5.74) is 5.90. The van der Waals surface area contributed by atoms with Crippen molar-refractivity contribution in [3.8, 4) is 0 Å². The van der Waals surface area contributed by atoms with Gasteiger partial charge in [-0.05, 0) is 55.0 Å². The Labute approximate surface area is 149 Å². The fourth-order valence-electron chi connectivity index (χ4n) is 3.20. The van der Waals surface area contributed by atoms with E-state index in [9.17, 15) is 4.79 Å². The number of aryl methyl sites for hydroxylation is 3. The Morgan fingerprint density at radius 1 is 1.28 bits per heavy atom. The highest BCUT2D eigenvalue weighted by Crippen LogP contribution is 2.24. The van der Waals surface area contributed by atoms with Crippen molar-refractivity contribution in [2.45, 2.75) is 60.2 Å². The third-order valence-electron chi connectivity index (χ3n) is 4.70. The van der Waals surface area contributed by atoms with Crippen LogP contribution in [0.1, 0.15) is 60.0 Å². The molecule has 0 unspecified atom stereocenters. The van der Waals surface area contributed by atoms with Crippen LogP contribution in [0, 0.1) is 20.8 Å². The van der Waals surface area contributed by atoms with Gasteiger partial charge in [0.25, 0.3) is 0 Å². The number of carbonyl (C=O) groups is 1. The number of hydrogen-bond acceptors (Lipinski definition) is 5. The first-order chi connectivity index (χ1) is 11.8. The average Bonchev–Trinajstić information content (AvgIpc) is 2.96. The lowest BCUT2D eigenvalue weighted by molar-refractivity contribution is -0.142. The summed E-state index contributed by atoms with van der Waals surface area (Å²) in [6.07, 6.45) is 2.51. The minimum atomic E-state index is -0.257. The largest absolute Gasteiger partial charge is 0.461 e. The van der Waals surface area contributed by atoms with E-state index in [1.54, 1.807) is 6.33 Å². The van der Waals surface area contributed by atoms with Crippen LogP contribution in [-0.2, 0) is 29.7 Å². The maximum atomic E-state index is 11.2. The molecule has 6 nitrogen and oxygen atoms in total. The van der Waals surface area contributed by atoms with E-state index < -0.39 is 0 Å². The van der Waals surface area contributed by atoms with Crippen molar-refractivity contribution in [1.82, 2.24) is 20.1 Å². The number of rotatable bonds is 7. The number of aromatic nitrogens is 3. The number of nitrogens with zero attached hydrogens (tertiary/aromatic N) is 3. The zero-order valence-electron chi connectivity index (χ0n) is 16.0. The van der Waals surface area contributed by atoms with Crippen LogP contribution in [-0.4, -0.2) is 20.7 Å². The summed E-state index contributed by atoms with van der Waals surface area (Å²) in [6, 6.07) is 2.30. The lowest BCUT2D eigenvalue weighted by Crippen LogP contribution is -2.24. The second-order valence-electron chi connectivity index (χ2n) is 6.46. The van der Waals surface area contributed by atoms with E-state index in [-0.39, 0.29) is 12.0 Å². The Balaban J connectivity index is 2.22. The van der Waals surface area contributed by atoms with Gasteiger partial charge >= 0.3 is 5.97 Å². The van der Waals surface area contributed by atoms with Gasteiger partial charge in [-0.25, -0.2) is 4.98 Å². The molecule has 2 rings (SSSR count). The van der Waals surface area contributed by atoms with Crippen molar-refractivity contribution in [1.29, 1.82) is 0 Å². The molecule has 0 radical (unpaired) electrons. The van der Waals surface area contributed by atoms with E-state index in [1.165, 1.54) is 23.6 Å². The van der Waals surface area contributed by atoms with E-state index in [0.29, 0.717) is 6.61 Å². The Hall–Kier alpha value is -2.21. The summed E-state index contributed by atoms with van der Waals surface area (Å²) in [5.74, 6) is 0.678. The minimum absolute atomic E-state index is 0.143. The van der Waals surface area contributed by atoms with Crippen molar-refractivity contribution < 1.29 is 9.53 Å². The van der Waals surface area contributed by atoms with Gasteiger partial charge < -0.3 is 10.1 Å². The molecule has 2 aromatic rings. The first-order valence-corrected chi connectivity index (χ1v) is 8.64. The van der Waals surface area contributed by atoms with Crippen LogP contribution in [0.3, 0.4) is 0 Å². The highest BCUT2D eigenvalue weighted by molar-refractivity contribution is 5.66. The molecule has 0 amide bonds. The molecule has 0 fully saturated rings. The molecule has 1 N–H and O–H groups in total. The topological polar surface area (TPSA) is 69.0 Å². The van der Waals surface area contributed by atoms with Crippen molar-refractivity contribution >= 4 is 5.97 Å². The van der Waals surface area contributed by atoms with Gasteiger partial charge in [0.2, 0.25) is 0 Å². The van der Waals surface area contributed by atoms with Crippen LogP contribution >= 0.6 is 0 Å². The first-order valence-electron chi connectivity index (χ1n) is 8.64. The molecule has 136 valence electrons. The van der Waals surface area contributed by atoms with E-state index in [1.807, 2.05) is 11.7 Å². The van der Waals surface area contributed by atoms with Crippen molar-refractivity contribution in [3.63, 3.8) is 0 Å². The first kappa shape index (κ1) is 19.1. The quantitative estimate of drug-likeness (QED) is 0.782. The van der Waals surface area contributed by atoms with Gasteiger partial charge in [0.05, 0.1) is 6.04 Å². The van der Waals surface area contributed by atoms with Crippen molar-refractivity contribution in [3.05, 3.63) is 46.0 Å². The van der Waals surface area contributed by atoms with Crippen LogP contribution in [0.25, 0.3) is 0 Å². The third-order valence-corrected chi connectivity index (χ3v) is 4.70. The van der Waals surface area contributed by atoms with E-state index in [0.717, 1.165) is 29.9 Å². The minimum Gasteiger partial charge on any atom is -0.461 e. The lowest BCUT2D eigenvalue weighted by atomic mass is 9.93. The fourth-order valence-corrected chi connectivity index (χ4v) is 3.20. The average molecular weight is 344 g/mol. The van der Waals surface area contributed by atoms with E-state index in [4.69, 9.17) is 4.74 Å². The molecule has 0 saturated carbocycles. The van der Waals surface area contributed by atoms with Crippen molar-refractivity contribution in [2.75, 3.05) is 0 Å². The molecule has 0 aliphatic carbocycles. The molecule has 1 aromatic heterocycles. The number of esters is 1. The number of hydrogen-bond donors (Lipinski definition) is 1. The summed E-state index contributed by atoms with van der Waals surface area (Å²) in [4.78, 5) is 15.5. The second-order valence-corrected chi connectivity index (χ2v) is 6.46. The molecule has 0 aliphatic heterocycles. The third kappa shape index (κ3) is 4.45. The summed E-state index contributed by atoms with van der Waals surface area (Å²) in [6.45, 7) is 10.9. The monoisotopic (exact) mass is 344 g/mol. The maximum absolute atomic E-state index is 11.2. The number of ether oxygens (including phenoxy) is 1. The molecule has 0 aliphatic rings. The standard InChI is InChI=1S/C19H28N4O2/c1-7-18(19-21-11-22-23(19)6)20-9-16-12(2)8-13(3)17(14(16)4)10-25-15(5)24/h8,11,18,20H,7,9-10H2,1-6H3/t18-/m0/s1. The molecular formula is C19H28N4O2. The molecule has 25 heavy (non-hydrogen) atoms. The molecule has 0 spiro atoms. The smallest absolute Gasteiger partial charge is 0.302 e. The Morgan fingerprint density at radius 2 is 1.96 bits per heavy atom. The normalized spacial score (nSPS) is 12.2. The van der Waals surface area contributed by atoms with E-state index >= 15 is 0 Å². The summed E-state index contributed by atoms with van der Waals surface area (Å²) in [7, 11) is 1.91. The molecule has 1 atom stereocenters. The predicted molar refractivity (Wildman–Crippen MR) is 97.0 cm³/mol. The molecule has 6 heteroatoms. The van der Waals surface area contributed by atoms with Crippen molar-refractivity contribution in [2.24, 2.45) is 7.05 Å². The molecular weight excluding hydrogens is 316 g/mol. The van der Waals surface area contributed by atoms with Gasteiger partial charge in [-0.1, -0.05) is 13.0 Å². The summed E-state index contributed by atoms with van der Waals surface area (Å²) in [5, 5.41) is 7.75. The Bertz CT molecular complexity index is 752. The number of nitrogens with one attached hydrogen (secondary N) is 1. The van der Waals surface area contributed by atoms with Gasteiger partial charge in [-0.15, -0.1) is 0 Å². The highest BCUT2D eigenvalue weighted by Gasteiger charge is 2.17. The van der Waals surface area contributed by atoms with Crippen LogP contribution < -0.4 is 5.32 Å². The Morgan fingerprint density at radius 3 is 2.52 bits per heavy atom. The fraction of sp³-hybridized carbons (Fsp3) is 0.526. The maximum Gasteiger partial charge on any atom is 0.302 e. The molecule has 0 saturated heterocycles. The predicted octanol–water partition coefficient (Wildman–Crippen LogP) is 3.04. The van der Waals surface area contributed by atoms with Crippen LogP contribution in [0.5, 0.6) is 0 Å². The van der Waals surface area contributed by atoms with Gasteiger partial charge in [-0.2, -0.15) is 5.10 Å². The zero-order valence-corrected chi connectivity index (χ0v) is 16.0. The molecule has 1 heterocycles. The second kappa shape index (κ2) is 8.25. The molecule has 0 bridgehead atoms. The van der Waals surface area contributed by atoms with E-state index in [2.05, 4.69) is 49.2 Å². The number of benzene rings is 1. The lowest BCUT2D eigenvalue weighted by Gasteiger charge is -2.21. The van der Waals surface area contributed by atoms with Crippen LogP contribution in [0.2, 0.25) is 0 Å². The SMILES string of the molecule is CC[C@H](NCc1c(C)cc(C)c(COC(C)=O)c1C)c1ncnn1C. The van der Waals surface area contributed by atoms with Gasteiger partial charge in [0.1, 0.15) is 18.8 Å².